The van der Waals surface area contributed by atoms with E-state index in [1.54, 1.807) is 25.1 Å². The zero-order valence-electron chi connectivity index (χ0n) is 10.9. The monoisotopic (exact) mass is 386 g/mol. The molecule has 0 aliphatic rings. The largest absolute Gasteiger partial charge is 0.496 e. The molecule has 20 heavy (non-hydrogen) atoms. The molecule has 2 aromatic rings. The molecule has 0 heterocycles. The third-order valence-electron chi connectivity index (χ3n) is 3.01. The maximum atomic E-state index is 14.1. The molecule has 0 atom stereocenters. The third-order valence-corrected chi connectivity index (χ3v) is 3.85. The molecule has 0 fully saturated rings. The number of carbonyl (C=O) groups is 1. The third kappa shape index (κ3) is 2.77. The molecule has 0 unspecified atom stereocenters. The number of aryl methyl sites for hydroxylation is 1. The number of ether oxygens (including phenoxy) is 1. The van der Waals surface area contributed by atoms with Crippen LogP contribution in [0.15, 0.2) is 30.3 Å². The van der Waals surface area contributed by atoms with E-state index < -0.39 is 11.8 Å². The predicted molar refractivity (Wildman–Crippen MR) is 82.8 cm³/mol. The topological polar surface area (TPSA) is 46.5 Å². The maximum Gasteiger partial charge on any atom is 0.335 e. The number of methoxy groups -OCH3 is 1. The van der Waals surface area contributed by atoms with Crippen LogP contribution in [0, 0.1) is 16.3 Å². The fourth-order valence-electron chi connectivity index (χ4n) is 1.98. The van der Waals surface area contributed by atoms with Gasteiger partial charge in [0.1, 0.15) is 11.6 Å². The summed E-state index contributed by atoms with van der Waals surface area (Å²) in [4.78, 5) is 11.0. The fourth-order valence-corrected chi connectivity index (χ4v) is 2.66. The van der Waals surface area contributed by atoms with Crippen molar-refractivity contribution in [3.63, 3.8) is 0 Å². The smallest absolute Gasteiger partial charge is 0.335 e. The van der Waals surface area contributed by atoms with E-state index in [0.29, 0.717) is 22.4 Å². The van der Waals surface area contributed by atoms with E-state index in [0.717, 1.165) is 3.57 Å². The number of benzene rings is 2. The van der Waals surface area contributed by atoms with Crippen molar-refractivity contribution in [1.82, 2.24) is 0 Å². The van der Waals surface area contributed by atoms with E-state index in [-0.39, 0.29) is 5.56 Å². The molecular weight excluding hydrogens is 374 g/mol. The second-order valence-electron chi connectivity index (χ2n) is 4.30. The van der Waals surface area contributed by atoms with Crippen molar-refractivity contribution in [3.8, 4) is 16.9 Å². The molecule has 1 N–H and O–H groups in total. The van der Waals surface area contributed by atoms with Crippen molar-refractivity contribution in [1.29, 1.82) is 0 Å². The van der Waals surface area contributed by atoms with Gasteiger partial charge < -0.3 is 9.84 Å². The molecule has 2 rings (SSSR count). The highest BCUT2D eigenvalue weighted by atomic mass is 127. The lowest BCUT2D eigenvalue weighted by Gasteiger charge is -2.10. The van der Waals surface area contributed by atoms with Crippen LogP contribution in [-0.4, -0.2) is 18.2 Å². The number of rotatable bonds is 3. The minimum Gasteiger partial charge on any atom is -0.496 e. The first kappa shape index (κ1) is 14.8. The predicted octanol–water partition coefficient (Wildman–Crippen LogP) is 4.11. The summed E-state index contributed by atoms with van der Waals surface area (Å²) >= 11 is 2.07. The van der Waals surface area contributed by atoms with Crippen LogP contribution in [0.3, 0.4) is 0 Å². The van der Waals surface area contributed by atoms with Crippen molar-refractivity contribution < 1.29 is 19.0 Å². The van der Waals surface area contributed by atoms with Gasteiger partial charge in [-0.2, -0.15) is 0 Å². The Bertz CT molecular complexity index is 683. The minimum atomic E-state index is -0.987. The highest BCUT2D eigenvalue weighted by molar-refractivity contribution is 14.1. The number of carboxylic acid groups (broad SMARTS) is 1. The molecule has 0 saturated heterocycles. The molecule has 104 valence electrons. The van der Waals surface area contributed by atoms with Crippen molar-refractivity contribution >= 4 is 28.6 Å². The van der Waals surface area contributed by atoms with E-state index in [4.69, 9.17) is 9.84 Å². The summed E-state index contributed by atoms with van der Waals surface area (Å²) in [6.45, 7) is 1.69. The lowest BCUT2D eigenvalue weighted by molar-refractivity contribution is 0.0696. The number of halogens is 2. The van der Waals surface area contributed by atoms with Gasteiger partial charge >= 0.3 is 5.97 Å². The van der Waals surface area contributed by atoms with Crippen LogP contribution >= 0.6 is 22.6 Å². The lowest BCUT2D eigenvalue weighted by Crippen LogP contribution is -2.00. The summed E-state index contributed by atoms with van der Waals surface area (Å²) in [5.41, 5.74) is 1.89. The Morgan fingerprint density at radius 2 is 2.00 bits per heavy atom. The summed E-state index contributed by atoms with van der Waals surface area (Å²) in [6, 6.07) is 7.78. The molecule has 0 aliphatic heterocycles. The highest BCUT2D eigenvalue weighted by Crippen LogP contribution is 2.31. The van der Waals surface area contributed by atoms with Crippen molar-refractivity contribution in [3.05, 3.63) is 50.8 Å². The molecule has 0 saturated carbocycles. The van der Waals surface area contributed by atoms with Crippen molar-refractivity contribution in [2.45, 2.75) is 6.92 Å². The van der Waals surface area contributed by atoms with Gasteiger partial charge in [0, 0.05) is 11.6 Å². The summed E-state index contributed by atoms with van der Waals surface area (Å²) < 4.78 is 20.0. The molecule has 3 nitrogen and oxygen atoms in total. The van der Waals surface area contributed by atoms with E-state index in [1.807, 2.05) is 0 Å². The SMILES string of the molecule is COc1cc(F)c(-c2ccc(C(=O)O)c(C)c2)cc1I. The zero-order chi connectivity index (χ0) is 14.9. The number of aromatic carboxylic acids is 1. The Kier molecular flexibility index (Phi) is 4.27. The normalized spacial score (nSPS) is 10.4. The number of carboxylic acids is 1. The zero-order valence-corrected chi connectivity index (χ0v) is 13.1. The van der Waals surface area contributed by atoms with Gasteiger partial charge in [0.2, 0.25) is 0 Å². The maximum absolute atomic E-state index is 14.1. The van der Waals surface area contributed by atoms with Crippen LogP contribution in [0.1, 0.15) is 15.9 Å². The average molecular weight is 386 g/mol. The molecule has 0 spiro atoms. The first-order valence-corrected chi connectivity index (χ1v) is 6.89. The van der Waals surface area contributed by atoms with E-state index in [2.05, 4.69) is 22.6 Å². The van der Waals surface area contributed by atoms with Crippen LogP contribution in [-0.2, 0) is 0 Å². The van der Waals surface area contributed by atoms with E-state index in [9.17, 15) is 9.18 Å². The summed E-state index contributed by atoms with van der Waals surface area (Å²) in [5.74, 6) is -0.908. The molecule has 0 aromatic heterocycles. The second-order valence-corrected chi connectivity index (χ2v) is 5.46. The molecule has 0 radical (unpaired) electrons. The lowest BCUT2D eigenvalue weighted by atomic mass is 9.99. The molecular formula is C15H12FIO3. The van der Waals surface area contributed by atoms with Gasteiger partial charge in [0.15, 0.2) is 0 Å². The Hall–Kier alpha value is -1.63. The van der Waals surface area contributed by atoms with E-state index in [1.165, 1.54) is 19.2 Å². The second kappa shape index (κ2) is 5.78. The highest BCUT2D eigenvalue weighted by Gasteiger charge is 2.13. The van der Waals surface area contributed by atoms with Gasteiger partial charge in [-0.1, -0.05) is 12.1 Å². The molecule has 0 amide bonds. The number of hydrogen-bond donors (Lipinski definition) is 1. The van der Waals surface area contributed by atoms with Crippen LogP contribution < -0.4 is 4.74 Å². The minimum absolute atomic E-state index is 0.220. The van der Waals surface area contributed by atoms with Crippen LogP contribution in [0.4, 0.5) is 4.39 Å². The molecule has 2 aromatic carbocycles. The quantitative estimate of drug-likeness (QED) is 0.808. The Morgan fingerprint density at radius 3 is 2.55 bits per heavy atom. The molecule has 0 aliphatic carbocycles. The Labute approximate surface area is 129 Å². The van der Waals surface area contributed by atoms with Crippen LogP contribution in [0.25, 0.3) is 11.1 Å². The standard InChI is InChI=1S/C15H12FIO3/c1-8-5-9(3-4-10(8)15(18)19)11-6-13(17)14(20-2)7-12(11)16/h3-7H,1-2H3,(H,18,19). The first-order valence-electron chi connectivity index (χ1n) is 5.81. The van der Waals surface area contributed by atoms with Gasteiger partial charge in [-0.05, 0) is 52.8 Å². The van der Waals surface area contributed by atoms with Crippen molar-refractivity contribution in [2.75, 3.05) is 7.11 Å². The average Bonchev–Trinajstić information content (AvgIpc) is 2.40. The first-order chi connectivity index (χ1) is 9.43. The summed E-state index contributed by atoms with van der Waals surface area (Å²) in [6.07, 6.45) is 0. The van der Waals surface area contributed by atoms with Gasteiger partial charge in [0.25, 0.3) is 0 Å². The Balaban J connectivity index is 2.55. The van der Waals surface area contributed by atoms with Gasteiger partial charge in [0.05, 0.1) is 16.2 Å². The van der Waals surface area contributed by atoms with Crippen LogP contribution in [0.5, 0.6) is 5.75 Å². The summed E-state index contributed by atoms with van der Waals surface area (Å²) in [7, 11) is 1.49. The molecule has 0 bridgehead atoms. The number of hydrogen-bond acceptors (Lipinski definition) is 2. The van der Waals surface area contributed by atoms with Gasteiger partial charge in [-0.25, -0.2) is 9.18 Å². The van der Waals surface area contributed by atoms with Crippen molar-refractivity contribution in [2.24, 2.45) is 0 Å². The Morgan fingerprint density at radius 1 is 1.30 bits per heavy atom. The van der Waals surface area contributed by atoms with Gasteiger partial charge in [-0.15, -0.1) is 0 Å². The molecule has 5 heteroatoms. The summed E-state index contributed by atoms with van der Waals surface area (Å²) in [5, 5.41) is 9.00. The van der Waals surface area contributed by atoms with Gasteiger partial charge in [-0.3, -0.25) is 0 Å². The van der Waals surface area contributed by atoms with Crippen LogP contribution in [0.2, 0.25) is 0 Å². The fraction of sp³-hybridized carbons (Fsp3) is 0.133. The van der Waals surface area contributed by atoms with E-state index >= 15 is 0 Å².